The fourth-order valence-electron chi connectivity index (χ4n) is 3.77. The van der Waals surface area contributed by atoms with Crippen LogP contribution >= 0.6 is 0 Å². The SMILES string of the molecule is CCCC=C1OC(=O)c2c(Oc3c(O)cc(O)c(C(=O)O)c3CCCCC)cc(OC)cc21. The van der Waals surface area contributed by atoms with Crippen molar-refractivity contribution in [2.75, 3.05) is 7.11 Å². The first kappa shape index (κ1) is 24.0. The Labute approximate surface area is 192 Å². The molecule has 8 nitrogen and oxygen atoms in total. The molecule has 33 heavy (non-hydrogen) atoms. The number of carbonyl (C=O) groups excluding carboxylic acids is 1. The minimum absolute atomic E-state index is 0.0586. The number of phenolic OH excluding ortho intramolecular Hbond substituents is 1. The molecule has 0 saturated heterocycles. The molecule has 1 aliphatic heterocycles. The summed E-state index contributed by atoms with van der Waals surface area (Å²) in [6.45, 7) is 4.01. The van der Waals surface area contributed by atoms with Crippen LogP contribution in [0.5, 0.6) is 28.7 Å². The Balaban J connectivity index is 2.17. The summed E-state index contributed by atoms with van der Waals surface area (Å²) in [6.07, 6.45) is 5.97. The number of esters is 1. The molecule has 3 rings (SSSR count). The van der Waals surface area contributed by atoms with Crippen LogP contribution in [0.1, 0.15) is 77.8 Å². The molecule has 0 bridgehead atoms. The van der Waals surface area contributed by atoms with Gasteiger partial charge in [-0.1, -0.05) is 33.1 Å². The molecule has 0 spiro atoms. The standard InChI is InChI=1S/C25H28O8/c1-4-6-8-9-15-21(24(28)29)17(26)13-18(27)23(15)32-20-12-14(31-3)11-16-19(10-7-5-2)33-25(30)22(16)20/h10-13,26-27H,4-9H2,1-3H3,(H,28,29). The molecule has 0 unspecified atom stereocenters. The number of methoxy groups -OCH3 is 1. The smallest absolute Gasteiger partial charge is 0.348 e. The maximum atomic E-state index is 12.7. The summed E-state index contributed by atoms with van der Waals surface area (Å²) in [6, 6.07) is 4.06. The highest BCUT2D eigenvalue weighted by Gasteiger charge is 2.33. The van der Waals surface area contributed by atoms with E-state index in [-0.39, 0.29) is 34.6 Å². The predicted molar refractivity (Wildman–Crippen MR) is 121 cm³/mol. The minimum atomic E-state index is -1.34. The number of hydrogen-bond acceptors (Lipinski definition) is 7. The number of benzene rings is 2. The van der Waals surface area contributed by atoms with Crippen molar-refractivity contribution >= 4 is 17.7 Å². The summed E-state index contributed by atoms with van der Waals surface area (Å²) in [5, 5.41) is 30.4. The number of carboxylic acids is 1. The van der Waals surface area contributed by atoms with Gasteiger partial charge in [0.25, 0.3) is 0 Å². The van der Waals surface area contributed by atoms with Gasteiger partial charge in [0.15, 0.2) is 11.5 Å². The lowest BCUT2D eigenvalue weighted by Crippen LogP contribution is -2.07. The van der Waals surface area contributed by atoms with Gasteiger partial charge < -0.3 is 29.5 Å². The second-order valence-corrected chi connectivity index (χ2v) is 7.76. The third-order valence-corrected chi connectivity index (χ3v) is 5.40. The topological polar surface area (TPSA) is 123 Å². The van der Waals surface area contributed by atoms with Crippen molar-refractivity contribution in [3.8, 4) is 28.7 Å². The lowest BCUT2D eigenvalue weighted by molar-refractivity contribution is 0.0686. The number of rotatable bonds is 10. The highest BCUT2D eigenvalue weighted by molar-refractivity contribution is 6.05. The van der Waals surface area contributed by atoms with E-state index in [1.807, 2.05) is 19.9 Å². The van der Waals surface area contributed by atoms with Gasteiger partial charge in [0.05, 0.1) is 7.11 Å². The molecule has 3 N–H and O–H groups in total. The van der Waals surface area contributed by atoms with E-state index in [0.29, 0.717) is 29.9 Å². The Morgan fingerprint density at radius 1 is 1.09 bits per heavy atom. The average Bonchev–Trinajstić information content (AvgIpc) is 3.09. The highest BCUT2D eigenvalue weighted by atomic mass is 16.5. The summed E-state index contributed by atoms with van der Waals surface area (Å²) in [5.74, 6) is -2.23. The Hall–Kier alpha value is -3.68. The molecular weight excluding hydrogens is 428 g/mol. The minimum Gasteiger partial charge on any atom is -0.507 e. The Morgan fingerprint density at radius 2 is 1.85 bits per heavy atom. The highest BCUT2D eigenvalue weighted by Crippen LogP contribution is 2.46. The first-order valence-corrected chi connectivity index (χ1v) is 11.0. The second-order valence-electron chi connectivity index (χ2n) is 7.76. The summed E-state index contributed by atoms with van der Waals surface area (Å²) >= 11 is 0. The second kappa shape index (κ2) is 10.3. The number of cyclic esters (lactones) is 1. The molecule has 0 fully saturated rings. The van der Waals surface area contributed by atoms with Gasteiger partial charge in [-0.25, -0.2) is 9.59 Å². The fraction of sp³-hybridized carbons (Fsp3) is 0.360. The van der Waals surface area contributed by atoms with Crippen molar-refractivity contribution in [3.63, 3.8) is 0 Å². The van der Waals surface area contributed by atoms with Gasteiger partial charge in [0.2, 0.25) is 0 Å². The van der Waals surface area contributed by atoms with Crippen LogP contribution in [0.15, 0.2) is 24.3 Å². The van der Waals surface area contributed by atoms with Crippen molar-refractivity contribution in [2.45, 2.75) is 52.4 Å². The first-order chi connectivity index (χ1) is 15.8. The van der Waals surface area contributed by atoms with E-state index in [1.54, 1.807) is 6.07 Å². The Bertz CT molecular complexity index is 1100. The zero-order chi connectivity index (χ0) is 24.1. The van der Waals surface area contributed by atoms with Crippen LogP contribution in [0.3, 0.4) is 0 Å². The largest absolute Gasteiger partial charge is 0.507 e. The van der Waals surface area contributed by atoms with Gasteiger partial charge in [0, 0.05) is 23.3 Å². The van der Waals surface area contributed by atoms with Crippen LogP contribution in [-0.2, 0) is 11.2 Å². The number of carboxylic acid groups (broad SMARTS) is 1. The summed E-state index contributed by atoms with van der Waals surface area (Å²) in [4.78, 5) is 24.6. The zero-order valence-electron chi connectivity index (χ0n) is 18.9. The van der Waals surface area contributed by atoms with E-state index >= 15 is 0 Å². The molecule has 2 aromatic carbocycles. The average molecular weight is 456 g/mol. The van der Waals surface area contributed by atoms with Gasteiger partial charge in [-0.05, 0) is 31.4 Å². The zero-order valence-corrected chi connectivity index (χ0v) is 18.9. The molecule has 0 aromatic heterocycles. The third-order valence-electron chi connectivity index (χ3n) is 5.40. The van der Waals surface area contributed by atoms with E-state index in [9.17, 15) is 24.9 Å². The van der Waals surface area contributed by atoms with Crippen molar-refractivity contribution < 1.29 is 39.1 Å². The Kier molecular flexibility index (Phi) is 7.48. The molecule has 0 amide bonds. The van der Waals surface area contributed by atoms with Crippen LogP contribution in [0.4, 0.5) is 0 Å². The van der Waals surface area contributed by atoms with Gasteiger partial charge in [-0.15, -0.1) is 0 Å². The van der Waals surface area contributed by atoms with Crippen LogP contribution in [-0.4, -0.2) is 34.4 Å². The van der Waals surface area contributed by atoms with E-state index in [1.165, 1.54) is 13.2 Å². The maximum Gasteiger partial charge on any atom is 0.348 e. The van der Waals surface area contributed by atoms with Gasteiger partial charge in [0.1, 0.15) is 34.1 Å². The summed E-state index contributed by atoms with van der Waals surface area (Å²) in [7, 11) is 1.47. The molecule has 8 heteroatoms. The van der Waals surface area contributed by atoms with Crippen molar-refractivity contribution in [1.29, 1.82) is 0 Å². The predicted octanol–water partition coefficient (Wildman–Crippen LogP) is 5.64. The van der Waals surface area contributed by atoms with E-state index < -0.39 is 23.4 Å². The monoisotopic (exact) mass is 456 g/mol. The van der Waals surface area contributed by atoms with Gasteiger partial charge in [-0.2, -0.15) is 0 Å². The quantitative estimate of drug-likeness (QED) is 0.310. The number of unbranched alkanes of at least 4 members (excludes halogenated alkanes) is 3. The number of aromatic hydroxyl groups is 2. The molecule has 1 aliphatic rings. The van der Waals surface area contributed by atoms with Crippen LogP contribution in [0.25, 0.3) is 5.76 Å². The van der Waals surface area contributed by atoms with Crippen molar-refractivity contribution in [1.82, 2.24) is 0 Å². The number of hydrogen-bond donors (Lipinski definition) is 3. The third kappa shape index (κ3) is 4.89. The van der Waals surface area contributed by atoms with Crippen LogP contribution in [0, 0.1) is 0 Å². The molecule has 0 radical (unpaired) electrons. The van der Waals surface area contributed by atoms with Crippen LogP contribution in [0.2, 0.25) is 0 Å². The van der Waals surface area contributed by atoms with Gasteiger partial charge in [-0.3, -0.25) is 0 Å². The lowest BCUT2D eigenvalue weighted by atomic mass is 9.98. The molecule has 0 aliphatic carbocycles. The van der Waals surface area contributed by atoms with Crippen LogP contribution < -0.4 is 9.47 Å². The molecule has 2 aromatic rings. The number of aromatic carboxylic acids is 1. The lowest BCUT2D eigenvalue weighted by Gasteiger charge is -2.18. The van der Waals surface area contributed by atoms with E-state index in [2.05, 4.69) is 0 Å². The normalized spacial score (nSPS) is 13.7. The summed E-state index contributed by atoms with van der Waals surface area (Å²) in [5.41, 5.74) is 0.455. The molecule has 1 heterocycles. The number of ether oxygens (including phenoxy) is 3. The Morgan fingerprint density at radius 3 is 2.48 bits per heavy atom. The first-order valence-electron chi connectivity index (χ1n) is 11.0. The molecule has 0 atom stereocenters. The number of allylic oxidation sites excluding steroid dienone is 1. The van der Waals surface area contributed by atoms with Gasteiger partial charge >= 0.3 is 11.9 Å². The summed E-state index contributed by atoms with van der Waals surface area (Å²) < 4.78 is 16.8. The number of carbonyl (C=O) groups is 2. The fourth-order valence-corrected chi connectivity index (χ4v) is 3.77. The van der Waals surface area contributed by atoms with E-state index in [4.69, 9.17) is 14.2 Å². The molecule has 176 valence electrons. The van der Waals surface area contributed by atoms with Crippen molar-refractivity contribution in [3.05, 3.63) is 46.5 Å². The van der Waals surface area contributed by atoms with E-state index in [0.717, 1.165) is 25.3 Å². The number of fused-ring (bicyclic) bond motifs is 1. The maximum absolute atomic E-state index is 12.7. The molecule has 0 saturated carbocycles. The molecular formula is C25H28O8. The van der Waals surface area contributed by atoms with Crippen molar-refractivity contribution in [2.24, 2.45) is 0 Å². The number of phenols is 2.